The van der Waals surface area contributed by atoms with Gasteiger partial charge in [0.1, 0.15) is 0 Å². The summed E-state index contributed by atoms with van der Waals surface area (Å²) in [5.41, 5.74) is 3.70. The summed E-state index contributed by atoms with van der Waals surface area (Å²) in [6.07, 6.45) is 3.06. The van der Waals surface area contributed by atoms with Gasteiger partial charge < -0.3 is 5.11 Å². The molecule has 0 spiro atoms. The predicted molar refractivity (Wildman–Crippen MR) is 112 cm³/mol. The van der Waals surface area contributed by atoms with Crippen molar-refractivity contribution in [2.45, 2.75) is 108 Å². The summed E-state index contributed by atoms with van der Waals surface area (Å²) in [6.45, 7) is 13.1. The zero-order valence-electron chi connectivity index (χ0n) is 17.7. The van der Waals surface area contributed by atoms with Crippen molar-refractivity contribution in [2.24, 2.45) is 0 Å². The molecule has 1 aromatic rings. The lowest BCUT2D eigenvalue weighted by atomic mass is 9.72. The first kappa shape index (κ1) is 20.9. The van der Waals surface area contributed by atoms with Crippen LogP contribution in [0, 0.1) is 0 Å². The quantitative estimate of drug-likeness (QED) is 0.749. The number of aliphatic hydroxyl groups is 1. The van der Waals surface area contributed by atoms with Crippen LogP contribution in [0.3, 0.4) is 0 Å². The minimum Gasteiger partial charge on any atom is -0.385 e. The minimum absolute atomic E-state index is 0.290. The number of sulfone groups is 1. The van der Waals surface area contributed by atoms with Gasteiger partial charge in [-0.25, -0.2) is 8.42 Å². The average Bonchev–Trinajstić information content (AvgIpc) is 2.55. The van der Waals surface area contributed by atoms with E-state index in [1.807, 2.05) is 0 Å². The Morgan fingerprint density at radius 1 is 0.889 bits per heavy atom. The third-order valence-corrected chi connectivity index (χ3v) is 9.37. The lowest BCUT2D eigenvalue weighted by molar-refractivity contribution is 0.00299. The van der Waals surface area contributed by atoms with Crippen molar-refractivity contribution in [1.29, 1.82) is 0 Å². The number of hydrogen-bond acceptors (Lipinski definition) is 3. The Balaban J connectivity index is 2.20. The SMILES string of the molecule is CC(C)c1cc(C(C)C)c(C2(O)CC3CCCC(C2)S3(=O)=O)c(C(C)C)c1. The van der Waals surface area contributed by atoms with Gasteiger partial charge in [-0.3, -0.25) is 0 Å². The van der Waals surface area contributed by atoms with Crippen LogP contribution in [0.4, 0.5) is 0 Å². The molecule has 2 aliphatic heterocycles. The van der Waals surface area contributed by atoms with E-state index >= 15 is 0 Å². The van der Waals surface area contributed by atoms with Crippen molar-refractivity contribution in [3.63, 3.8) is 0 Å². The molecular formula is C23H36O3S. The van der Waals surface area contributed by atoms with Gasteiger partial charge in [0.25, 0.3) is 0 Å². The Hall–Kier alpha value is -0.870. The van der Waals surface area contributed by atoms with Crippen LogP contribution in [-0.4, -0.2) is 24.0 Å². The van der Waals surface area contributed by atoms with E-state index in [-0.39, 0.29) is 10.5 Å². The third-order valence-electron chi connectivity index (χ3n) is 6.71. The molecule has 3 nitrogen and oxygen atoms in total. The standard InChI is InChI=1S/C23H36O3S/c1-14(2)17-10-20(15(3)4)22(21(11-17)16(5)6)23(24)12-18-8-7-9-19(13-23)27(18,25)26/h10-11,14-16,18-19,24H,7-9,12-13H2,1-6H3. The zero-order chi connectivity index (χ0) is 20.1. The van der Waals surface area contributed by atoms with Gasteiger partial charge in [0.15, 0.2) is 9.84 Å². The molecule has 2 aliphatic rings. The second-order valence-electron chi connectivity index (χ2n) is 9.74. The van der Waals surface area contributed by atoms with E-state index in [1.165, 1.54) is 16.7 Å². The fraction of sp³-hybridized carbons (Fsp3) is 0.739. The summed E-state index contributed by atoms with van der Waals surface area (Å²) in [5, 5.41) is 11.1. The van der Waals surface area contributed by atoms with Gasteiger partial charge >= 0.3 is 0 Å². The molecule has 2 unspecified atom stereocenters. The van der Waals surface area contributed by atoms with E-state index < -0.39 is 15.4 Å². The van der Waals surface area contributed by atoms with Crippen molar-refractivity contribution in [3.8, 4) is 0 Å². The first-order valence-electron chi connectivity index (χ1n) is 10.6. The highest BCUT2D eigenvalue weighted by atomic mass is 32.2. The molecule has 0 radical (unpaired) electrons. The van der Waals surface area contributed by atoms with Gasteiger partial charge in [0.2, 0.25) is 0 Å². The fourth-order valence-corrected chi connectivity index (χ4v) is 7.70. The van der Waals surface area contributed by atoms with Gasteiger partial charge in [0, 0.05) is 0 Å². The molecule has 152 valence electrons. The van der Waals surface area contributed by atoms with Crippen LogP contribution in [0.15, 0.2) is 12.1 Å². The Morgan fingerprint density at radius 2 is 1.33 bits per heavy atom. The smallest absolute Gasteiger partial charge is 0.156 e. The van der Waals surface area contributed by atoms with Crippen LogP contribution in [0.25, 0.3) is 0 Å². The Morgan fingerprint density at radius 3 is 1.70 bits per heavy atom. The second-order valence-corrected chi connectivity index (χ2v) is 12.3. The van der Waals surface area contributed by atoms with Crippen LogP contribution in [-0.2, 0) is 15.4 Å². The fourth-order valence-electron chi connectivity index (χ4n) is 5.14. The third kappa shape index (κ3) is 3.60. The Kier molecular flexibility index (Phi) is 5.55. The maximum atomic E-state index is 12.8. The second kappa shape index (κ2) is 7.18. The van der Waals surface area contributed by atoms with Gasteiger partial charge in [-0.05, 0) is 65.7 Å². The summed E-state index contributed by atoms with van der Waals surface area (Å²) >= 11 is 0. The maximum Gasteiger partial charge on any atom is 0.156 e. The molecule has 0 aliphatic carbocycles. The molecule has 1 aromatic carbocycles. The number of hydrogen-bond donors (Lipinski definition) is 1. The molecule has 2 bridgehead atoms. The zero-order valence-corrected chi connectivity index (χ0v) is 18.6. The van der Waals surface area contributed by atoms with E-state index in [0.29, 0.717) is 43.4 Å². The van der Waals surface area contributed by atoms with E-state index in [2.05, 4.69) is 53.7 Å². The molecule has 2 saturated heterocycles. The highest BCUT2D eigenvalue weighted by Crippen LogP contribution is 2.50. The molecule has 2 fully saturated rings. The first-order valence-corrected chi connectivity index (χ1v) is 12.2. The van der Waals surface area contributed by atoms with E-state index in [0.717, 1.165) is 12.0 Å². The molecule has 0 saturated carbocycles. The maximum absolute atomic E-state index is 12.8. The van der Waals surface area contributed by atoms with Gasteiger partial charge in [-0.1, -0.05) is 60.1 Å². The van der Waals surface area contributed by atoms with Crippen molar-refractivity contribution in [3.05, 3.63) is 34.4 Å². The number of rotatable bonds is 4. The van der Waals surface area contributed by atoms with Crippen molar-refractivity contribution in [2.75, 3.05) is 0 Å². The summed E-state index contributed by atoms with van der Waals surface area (Å²) in [4.78, 5) is 0. The van der Waals surface area contributed by atoms with Crippen LogP contribution < -0.4 is 0 Å². The molecule has 2 atom stereocenters. The summed E-state index contributed by atoms with van der Waals surface area (Å²) in [7, 11) is -3.09. The van der Waals surface area contributed by atoms with Crippen LogP contribution in [0.1, 0.15) is 114 Å². The number of fused-ring (bicyclic) bond motifs is 2. The van der Waals surface area contributed by atoms with E-state index in [4.69, 9.17) is 0 Å². The lowest BCUT2D eigenvalue weighted by Crippen LogP contribution is -2.51. The average molecular weight is 393 g/mol. The molecule has 1 N–H and O–H groups in total. The van der Waals surface area contributed by atoms with E-state index in [9.17, 15) is 13.5 Å². The van der Waals surface area contributed by atoms with Gasteiger partial charge in [-0.15, -0.1) is 0 Å². The van der Waals surface area contributed by atoms with Crippen LogP contribution >= 0.6 is 0 Å². The highest BCUT2D eigenvalue weighted by Gasteiger charge is 2.52. The van der Waals surface area contributed by atoms with E-state index in [1.54, 1.807) is 0 Å². The molecule has 2 heterocycles. The summed E-state index contributed by atoms with van der Waals surface area (Å²) < 4.78 is 25.6. The van der Waals surface area contributed by atoms with Crippen LogP contribution in [0.5, 0.6) is 0 Å². The topological polar surface area (TPSA) is 54.4 Å². The molecule has 0 amide bonds. The van der Waals surface area contributed by atoms with Gasteiger partial charge in [0.05, 0.1) is 16.1 Å². The normalized spacial score (nSPS) is 30.3. The van der Waals surface area contributed by atoms with Gasteiger partial charge in [-0.2, -0.15) is 0 Å². The van der Waals surface area contributed by atoms with Crippen molar-refractivity contribution >= 4 is 9.84 Å². The summed E-state index contributed by atoms with van der Waals surface area (Å²) in [6, 6.07) is 4.51. The molecular weight excluding hydrogens is 356 g/mol. The predicted octanol–water partition coefficient (Wildman–Crippen LogP) is 5.37. The molecule has 27 heavy (non-hydrogen) atoms. The highest BCUT2D eigenvalue weighted by molar-refractivity contribution is 7.92. The Bertz CT molecular complexity index is 756. The van der Waals surface area contributed by atoms with Crippen molar-refractivity contribution < 1.29 is 13.5 Å². The van der Waals surface area contributed by atoms with Crippen molar-refractivity contribution in [1.82, 2.24) is 0 Å². The summed E-state index contributed by atoms with van der Waals surface area (Å²) in [5.74, 6) is 1.01. The van der Waals surface area contributed by atoms with Crippen LogP contribution in [0.2, 0.25) is 0 Å². The molecule has 0 aromatic heterocycles. The monoisotopic (exact) mass is 392 g/mol. The minimum atomic E-state index is -3.09. The first-order chi connectivity index (χ1) is 12.5. The molecule has 4 heteroatoms. The largest absolute Gasteiger partial charge is 0.385 e. The lowest BCUT2D eigenvalue weighted by Gasteiger charge is -2.46. The Labute approximate surface area is 165 Å². The number of benzene rings is 1. The molecule has 3 rings (SSSR count).